The van der Waals surface area contributed by atoms with Gasteiger partial charge >= 0.3 is 5.97 Å². The van der Waals surface area contributed by atoms with Gasteiger partial charge in [0.1, 0.15) is 11.6 Å². The van der Waals surface area contributed by atoms with Gasteiger partial charge in [-0.25, -0.2) is 4.79 Å². The molecule has 88 valence electrons. The lowest BCUT2D eigenvalue weighted by atomic mass is 10.1. The number of benzene rings is 1. The number of carbonyl (C=O) groups is 1. The zero-order chi connectivity index (χ0) is 13.2. The molecule has 0 saturated heterocycles. The van der Waals surface area contributed by atoms with Gasteiger partial charge < -0.3 is 5.11 Å². The summed E-state index contributed by atoms with van der Waals surface area (Å²) in [6, 6.07) is 3.34. The van der Waals surface area contributed by atoms with Crippen LogP contribution in [-0.2, 0) is 4.79 Å². The Hall–Kier alpha value is -0.160. The molecule has 3 nitrogen and oxygen atoms in total. The Morgan fingerprint density at radius 2 is 1.82 bits per heavy atom. The van der Waals surface area contributed by atoms with Crippen LogP contribution >= 0.6 is 63.7 Å². The Morgan fingerprint density at radius 1 is 1.24 bits per heavy atom. The number of carboxylic acids is 1. The van der Waals surface area contributed by atoms with E-state index in [0.29, 0.717) is 10.0 Å². The van der Waals surface area contributed by atoms with Crippen LogP contribution in [-0.4, -0.2) is 11.1 Å². The number of nitrogens with zero attached hydrogens (tertiary/aromatic N) is 1. The molecule has 0 bridgehead atoms. The van der Waals surface area contributed by atoms with Crippen LogP contribution in [0.15, 0.2) is 29.5 Å². The number of halogens is 4. The van der Waals surface area contributed by atoms with Crippen molar-refractivity contribution in [2.24, 2.45) is 0 Å². The zero-order valence-electron chi connectivity index (χ0n) is 7.97. The second-order valence-corrected chi connectivity index (χ2v) is 6.10. The van der Waals surface area contributed by atoms with Crippen molar-refractivity contribution in [1.29, 1.82) is 5.26 Å². The quantitative estimate of drug-likeness (QED) is 0.283. The fourth-order valence-electron chi connectivity index (χ4n) is 0.994. The van der Waals surface area contributed by atoms with Gasteiger partial charge in [-0.3, -0.25) is 0 Å². The molecule has 0 radical (unpaired) electrons. The van der Waals surface area contributed by atoms with Crippen molar-refractivity contribution < 1.29 is 9.90 Å². The molecule has 0 spiro atoms. The van der Waals surface area contributed by atoms with Crippen LogP contribution in [0.5, 0.6) is 0 Å². The number of carboxylic acid groups (broad SMARTS) is 1. The van der Waals surface area contributed by atoms with Crippen molar-refractivity contribution in [2.45, 2.75) is 0 Å². The van der Waals surface area contributed by atoms with E-state index in [1.54, 1.807) is 12.1 Å². The van der Waals surface area contributed by atoms with E-state index in [0.717, 1.165) is 13.4 Å². The van der Waals surface area contributed by atoms with Crippen molar-refractivity contribution in [1.82, 2.24) is 0 Å². The Morgan fingerprint density at radius 3 is 2.29 bits per heavy atom. The summed E-state index contributed by atoms with van der Waals surface area (Å²) >= 11 is 13.3. The highest BCUT2D eigenvalue weighted by Gasteiger charge is 2.13. The topological polar surface area (TPSA) is 61.1 Å². The van der Waals surface area contributed by atoms with Crippen molar-refractivity contribution in [3.05, 3.63) is 35.1 Å². The SMILES string of the molecule is N#C/C(=C\c1cc(Br)c(Br)c(Br)c1Br)C(=O)O. The normalized spacial score (nSPS) is 11.1. The minimum atomic E-state index is -1.26. The molecule has 7 heteroatoms. The summed E-state index contributed by atoms with van der Waals surface area (Å²) in [6.07, 6.45) is 1.30. The molecule has 1 rings (SSSR count). The van der Waals surface area contributed by atoms with Gasteiger partial charge in [-0.1, -0.05) is 0 Å². The van der Waals surface area contributed by atoms with Crippen LogP contribution in [0.2, 0.25) is 0 Å². The monoisotopic (exact) mass is 485 g/mol. The van der Waals surface area contributed by atoms with E-state index in [1.165, 1.54) is 6.08 Å². The van der Waals surface area contributed by atoms with Crippen LogP contribution in [0, 0.1) is 11.3 Å². The van der Waals surface area contributed by atoms with Gasteiger partial charge in [0, 0.05) is 17.9 Å². The highest BCUT2D eigenvalue weighted by molar-refractivity contribution is 9.15. The molecule has 17 heavy (non-hydrogen) atoms. The maximum atomic E-state index is 10.7. The molecule has 0 aliphatic heterocycles. The lowest BCUT2D eigenvalue weighted by Crippen LogP contribution is -1.97. The summed E-state index contributed by atoms with van der Waals surface area (Å²) in [5, 5.41) is 17.5. The Bertz CT molecular complexity index is 560. The molecule has 1 N–H and O–H groups in total. The van der Waals surface area contributed by atoms with Gasteiger partial charge in [0.05, 0.1) is 0 Å². The molecule has 0 fully saturated rings. The second kappa shape index (κ2) is 6.14. The maximum Gasteiger partial charge on any atom is 0.346 e. The van der Waals surface area contributed by atoms with E-state index >= 15 is 0 Å². The van der Waals surface area contributed by atoms with Gasteiger partial charge in [-0.2, -0.15) is 5.26 Å². The molecular formula is C10H3Br4NO2. The standard InChI is InChI=1S/C10H3Br4NO2/c11-6-2-4(1-5(3-15)10(16)17)7(12)9(14)8(6)13/h1-2H,(H,16,17)/b5-1+. The van der Waals surface area contributed by atoms with Gasteiger partial charge in [-0.15, -0.1) is 0 Å². The van der Waals surface area contributed by atoms with Crippen LogP contribution in [0.4, 0.5) is 0 Å². The van der Waals surface area contributed by atoms with Crippen molar-refractivity contribution >= 4 is 75.8 Å². The molecular weight excluding hydrogens is 486 g/mol. The number of rotatable bonds is 2. The summed E-state index contributed by atoms with van der Waals surface area (Å²) in [4.78, 5) is 10.7. The van der Waals surface area contributed by atoms with Crippen molar-refractivity contribution in [3.63, 3.8) is 0 Å². The average Bonchev–Trinajstić information content (AvgIpc) is 2.29. The predicted octanol–water partition coefficient (Wildman–Crippen LogP) is 4.73. The van der Waals surface area contributed by atoms with Crippen LogP contribution < -0.4 is 0 Å². The smallest absolute Gasteiger partial charge is 0.346 e. The van der Waals surface area contributed by atoms with E-state index in [-0.39, 0.29) is 5.57 Å². The van der Waals surface area contributed by atoms with E-state index < -0.39 is 5.97 Å². The van der Waals surface area contributed by atoms with Crippen molar-refractivity contribution in [2.75, 3.05) is 0 Å². The lowest BCUT2D eigenvalue weighted by Gasteiger charge is -2.06. The molecule has 0 aliphatic rings. The average molecular weight is 489 g/mol. The zero-order valence-corrected chi connectivity index (χ0v) is 14.3. The van der Waals surface area contributed by atoms with Crippen LogP contribution in [0.3, 0.4) is 0 Å². The number of hydrogen-bond donors (Lipinski definition) is 1. The summed E-state index contributed by atoms with van der Waals surface area (Å²) < 4.78 is 2.96. The highest BCUT2D eigenvalue weighted by atomic mass is 79.9. The van der Waals surface area contributed by atoms with Crippen molar-refractivity contribution in [3.8, 4) is 6.07 Å². The molecule has 0 amide bonds. The van der Waals surface area contributed by atoms with E-state index in [4.69, 9.17) is 10.4 Å². The predicted molar refractivity (Wildman–Crippen MR) is 78.5 cm³/mol. The molecule has 0 aliphatic carbocycles. The van der Waals surface area contributed by atoms with Gasteiger partial charge in [0.15, 0.2) is 0 Å². The third kappa shape index (κ3) is 3.41. The van der Waals surface area contributed by atoms with E-state index in [2.05, 4.69) is 63.7 Å². The molecule has 0 heterocycles. The number of nitriles is 1. The Balaban J connectivity index is 3.45. The lowest BCUT2D eigenvalue weighted by molar-refractivity contribution is -0.132. The first-order chi connectivity index (χ1) is 7.88. The number of hydrogen-bond acceptors (Lipinski definition) is 2. The molecule has 0 aromatic heterocycles. The first-order valence-corrected chi connectivity index (χ1v) is 7.23. The Labute approximate surface area is 131 Å². The van der Waals surface area contributed by atoms with Gasteiger partial charge in [0.2, 0.25) is 0 Å². The highest BCUT2D eigenvalue weighted by Crippen LogP contribution is 2.39. The van der Waals surface area contributed by atoms with Crippen LogP contribution in [0.1, 0.15) is 5.56 Å². The van der Waals surface area contributed by atoms with E-state index in [9.17, 15) is 4.79 Å². The fraction of sp³-hybridized carbons (Fsp3) is 0. The second-order valence-electron chi connectivity index (χ2n) is 2.86. The number of aliphatic carboxylic acids is 1. The Kier molecular flexibility index (Phi) is 5.38. The summed E-state index contributed by atoms with van der Waals surface area (Å²) in [6.45, 7) is 0. The first kappa shape index (κ1) is 14.9. The van der Waals surface area contributed by atoms with Crippen LogP contribution in [0.25, 0.3) is 6.08 Å². The summed E-state index contributed by atoms with van der Waals surface area (Å²) in [5.74, 6) is -1.26. The van der Waals surface area contributed by atoms with E-state index in [1.807, 2.05) is 0 Å². The summed E-state index contributed by atoms with van der Waals surface area (Å²) in [5.41, 5.74) is 0.262. The minimum absolute atomic E-state index is 0.327. The minimum Gasteiger partial charge on any atom is -0.477 e. The first-order valence-electron chi connectivity index (χ1n) is 4.06. The molecule has 1 aromatic carbocycles. The largest absolute Gasteiger partial charge is 0.477 e. The molecule has 0 saturated carbocycles. The molecule has 0 atom stereocenters. The fourth-order valence-corrected chi connectivity index (χ4v) is 3.15. The molecule has 0 unspecified atom stereocenters. The maximum absolute atomic E-state index is 10.7. The van der Waals surface area contributed by atoms with Gasteiger partial charge in [-0.05, 0) is 81.4 Å². The van der Waals surface area contributed by atoms with Gasteiger partial charge in [0.25, 0.3) is 0 Å². The third-order valence-electron chi connectivity index (χ3n) is 1.78. The molecule has 1 aromatic rings. The third-order valence-corrected chi connectivity index (χ3v) is 6.47. The summed E-state index contributed by atoms with van der Waals surface area (Å²) in [7, 11) is 0.